The van der Waals surface area contributed by atoms with Crippen molar-refractivity contribution >= 4 is 22.7 Å². The first-order chi connectivity index (χ1) is 7.40. The highest BCUT2D eigenvalue weighted by Gasteiger charge is 1.97. The Morgan fingerprint density at radius 1 is 1.27 bits per heavy atom. The molecule has 0 N–H and O–H groups in total. The maximum atomic E-state index is 4.45. The Hall–Kier alpha value is -1.02. The summed E-state index contributed by atoms with van der Waals surface area (Å²) in [6, 6.07) is 10.5. The van der Waals surface area contributed by atoms with Crippen LogP contribution in [0.5, 0.6) is 0 Å². The Morgan fingerprint density at radius 3 is 3.00 bits per heavy atom. The molecule has 1 nitrogen and oxygen atoms in total. The van der Waals surface area contributed by atoms with E-state index in [0.29, 0.717) is 0 Å². The average molecular weight is 217 g/mol. The van der Waals surface area contributed by atoms with Gasteiger partial charge in [0, 0.05) is 11.6 Å². The molecule has 0 saturated heterocycles. The Morgan fingerprint density at radius 2 is 2.13 bits per heavy atom. The number of para-hydroxylation sites is 1. The van der Waals surface area contributed by atoms with Gasteiger partial charge in [0.25, 0.3) is 0 Å². The minimum Gasteiger partial charge on any atom is -0.256 e. The van der Waals surface area contributed by atoms with E-state index in [1.807, 2.05) is 24.0 Å². The number of aromatic nitrogens is 1. The molecule has 0 spiro atoms. The molecule has 2 heteroatoms. The van der Waals surface area contributed by atoms with Crippen LogP contribution >= 0.6 is 11.8 Å². The molecule has 1 aromatic carbocycles. The monoisotopic (exact) mass is 217 g/mol. The molecule has 0 unspecified atom stereocenters. The lowest BCUT2D eigenvalue weighted by atomic mass is 10.1. The van der Waals surface area contributed by atoms with Gasteiger partial charge in [-0.05, 0) is 42.5 Å². The zero-order valence-corrected chi connectivity index (χ0v) is 9.76. The third kappa shape index (κ3) is 2.72. The minimum absolute atomic E-state index is 1.09. The van der Waals surface area contributed by atoms with Crippen LogP contribution in [0.4, 0.5) is 0 Å². The van der Waals surface area contributed by atoms with E-state index in [0.717, 1.165) is 11.9 Å². The number of hydrogen-bond donors (Lipinski definition) is 0. The number of rotatable bonds is 4. The molecule has 0 atom stereocenters. The number of thioether (sulfide) groups is 1. The number of fused-ring (bicyclic) bond motifs is 1. The molecule has 1 aromatic heterocycles. The fourth-order valence-corrected chi connectivity index (χ4v) is 2.11. The van der Waals surface area contributed by atoms with Gasteiger partial charge >= 0.3 is 0 Å². The Bertz CT molecular complexity index is 439. The zero-order chi connectivity index (χ0) is 10.5. The molecule has 0 aliphatic carbocycles. The van der Waals surface area contributed by atoms with E-state index in [1.165, 1.54) is 23.1 Å². The lowest BCUT2D eigenvalue weighted by Crippen LogP contribution is -1.89. The van der Waals surface area contributed by atoms with E-state index in [-0.39, 0.29) is 0 Å². The van der Waals surface area contributed by atoms with Crippen molar-refractivity contribution in [2.45, 2.75) is 12.8 Å². The Kier molecular flexibility index (Phi) is 3.62. The third-order valence-electron chi connectivity index (χ3n) is 2.46. The van der Waals surface area contributed by atoms with E-state index >= 15 is 0 Å². The summed E-state index contributed by atoms with van der Waals surface area (Å²) in [5.41, 5.74) is 2.44. The van der Waals surface area contributed by atoms with Crippen molar-refractivity contribution in [3.05, 3.63) is 42.1 Å². The van der Waals surface area contributed by atoms with Crippen LogP contribution in [0.15, 0.2) is 36.5 Å². The summed E-state index contributed by atoms with van der Waals surface area (Å²) in [4.78, 5) is 4.45. The van der Waals surface area contributed by atoms with Crippen molar-refractivity contribution in [2.24, 2.45) is 0 Å². The van der Waals surface area contributed by atoms with Crippen LogP contribution in [0.25, 0.3) is 10.9 Å². The van der Waals surface area contributed by atoms with Crippen LogP contribution in [0, 0.1) is 0 Å². The van der Waals surface area contributed by atoms with E-state index in [1.54, 1.807) is 0 Å². The van der Waals surface area contributed by atoms with Crippen molar-refractivity contribution in [3.8, 4) is 0 Å². The molecule has 15 heavy (non-hydrogen) atoms. The van der Waals surface area contributed by atoms with Crippen LogP contribution in [0.2, 0.25) is 0 Å². The first-order valence-electron chi connectivity index (χ1n) is 5.23. The van der Waals surface area contributed by atoms with E-state index in [4.69, 9.17) is 0 Å². The molecule has 0 aliphatic rings. The van der Waals surface area contributed by atoms with Gasteiger partial charge in [-0.25, -0.2) is 0 Å². The molecule has 1 heterocycles. The van der Waals surface area contributed by atoms with Crippen LogP contribution in [0.3, 0.4) is 0 Å². The zero-order valence-electron chi connectivity index (χ0n) is 8.94. The maximum absolute atomic E-state index is 4.45. The topological polar surface area (TPSA) is 12.9 Å². The van der Waals surface area contributed by atoms with Crippen molar-refractivity contribution in [2.75, 3.05) is 12.0 Å². The number of aryl methyl sites for hydroxylation is 1. The van der Waals surface area contributed by atoms with Crippen molar-refractivity contribution < 1.29 is 0 Å². The minimum atomic E-state index is 1.09. The quantitative estimate of drug-likeness (QED) is 0.727. The summed E-state index contributed by atoms with van der Waals surface area (Å²) >= 11 is 1.90. The van der Waals surface area contributed by atoms with Crippen LogP contribution in [-0.4, -0.2) is 17.0 Å². The molecule has 2 aromatic rings. The standard InChI is InChI=1S/C13H15NS/c1-15-8-4-5-11-9-12-6-2-3-7-13(12)14-10-11/h2-3,6-7,9-10H,4-5,8H2,1H3. The molecular weight excluding hydrogens is 202 g/mol. The summed E-state index contributed by atoms with van der Waals surface area (Å²) in [7, 11) is 0. The van der Waals surface area contributed by atoms with Crippen LogP contribution < -0.4 is 0 Å². The summed E-state index contributed by atoms with van der Waals surface area (Å²) in [5, 5.41) is 1.25. The van der Waals surface area contributed by atoms with Gasteiger partial charge in [-0.1, -0.05) is 18.2 Å². The first kappa shape index (κ1) is 10.5. The summed E-state index contributed by atoms with van der Waals surface area (Å²) < 4.78 is 0. The molecular formula is C13H15NS. The second-order valence-electron chi connectivity index (χ2n) is 3.63. The largest absolute Gasteiger partial charge is 0.256 e. The lowest BCUT2D eigenvalue weighted by Gasteiger charge is -2.02. The van der Waals surface area contributed by atoms with Gasteiger partial charge in [-0.2, -0.15) is 11.8 Å². The van der Waals surface area contributed by atoms with Gasteiger partial charge in [-0.15, -0.1) is 0 Å². The summed E-state index contributed by atoms with van der Waals surface area (Å²) in [6.07, 6.45) is 6.53. The number of hydrogen-bond acceptors (Lipinski definition) is 2. The highest BCUT2D eigenvalue weighted by Crippen LogP contribution is 2.14. The smallest absolute Gasteiger partial charge is 0.0702 e. The van der Waals surface area contributed by atoms with E-state index < -0.39 is 0 Å². The van der Waals surface area contributed by atoms with E-state index in [9.17, 15) is 0 Å². The van der Waals surface area contributed by atoms with Crippen molar-refractivity contribution in [1.82, 2.24) is 4.98 Å². The number of benzene rings is 1. The Labute approximate surface area is 94.9 Å². The molecule has 78 valence electrons. The molecule has 0 saturated carbocycles. The Balaban J connectivity index is 2.16. The van der Waals surface area contributed by atoms with Gasteiger partial charge in [-0.3, -0.25) is 4.98 Å². The van der Waals surface area contributed by atoms with Gasteiger partial charge < -0.3 is 0 Å². The van der Waals surface area contributed by atoms with Gasteiger partial charge in [0.05, 0.1) is 5.52 Å². The number of pyridine rings is 1. The lowest BCUT2D eigenvalue weighted by molar-refractivity contribution is 0.929. The first-order valence-corrected chi connectivity index (χ1v) is 6.62. The van der Waals surface area contributed by atoms with Gasteiger partial charge in [0.1, 0.15) is 0 Å². The fourth-order valence-electron chi connectivity index (χ4n) is 1.67. The highest BCUT2D eigenvalue weighted by atomic mass is 32.2. The molecule has 0 amide bonds. The van der Waals surface area contributed by atoms with Crippen molar-refractivity contribution in [3.63, 3.8) is 0 Å². The molecule has 0 bridgehead atoms. The predicted octanol–water partition coefficient (Wildman–Crippen LogP) is 3.53. The van der Waals surface area contributed by atoms with Crippen LogP contribution in [-0.2, 0) is 6.42 Å². The maximum Gasteiger partial charge on any atom is 0.0702 e. The number of nitrogens with zero attached hydrogens (tertiary/aromatic N) is 1. The normalized spacial score (nSPS) is 10.7. The molecule has 0 aliphatic heterocycles. The molecule has 2 rings (SSSR count). The van der Waals surface area contributed by atoms with Gasteiger partial charge in [0.2, 0.25) is 0 Å². The summed E-state index contributed by atoms with van der Waals surface area (Å²) in [5.74, 6) is 1.23. The highest BCUT2D eigenvalue weighted by molar-refractivity contribution is 7.98. The second-order valence-corrected chi connectivity index (χ2v) is 4.62. The van der Waals surface area contributed by atoms with E-state index in [2.05, 4.69) is 35.5 Å². The predicted molar refractivity (Wildman–Crippen MR) is 68.4 cm³/mol. The molecule has 0 fully saturated rings. The van der Waals surface area contributed by atoms with Crippen LogP contribution in [0.1, 0.15) is 12.0 Å². The van der Waals surface area contributed by atoms with Crippen molar-refractivity contribution in [1.29, 1.82) is 0 Å². The fraction of sp³-hybridized carbons (Fsp3) is 0.308. The SMILES string of the molecule is CSCCCc1cnc2ccccc2c1. The molecule has 0 radical (unpaired) electrons. The van der Waals surface area contributed by atoms with Gasteiger partial charge in [0.15, 0.2) is 0 Å². The second kappa shape index (κ2) is 5.17. The summed E-state index contributed by atoms with van der Waals surface area (Å²) in [6.45, 7) is 0. The third-order valence-corrected chi connectivity index (χ3v) is 3.16. The average Bonchev–Trinajstić information content (AvgIpc) is 2.29.